The zero-order valence-corrected chi connectivity index (χ0v) is 13.8. The van der Waals surface area contributed by atoms with Crippen LogP contribution in [0.2, 0.25) is 0 Å². The van der Waals surface area contributed by atoms with E-state index in [-0.39, 0.29) is 30.7 Å². The molecular weight excluding hydrogens is 296 g/mol. The first kappa shape index (κ1) is 18.3. The van der Waals surface area contributed by atoms with Crippen LogP contribution in [0, 0.1) is 5.92 Å². The van der Waals surface area contributed by atoms with Gasteiger partial charge in [-0.3, -0.25) is 4.79 Å². The first-order valence-electron chi connectivity index (χ1n) is 7.25. The first-order valence-corrected chi connectivity index (χ1v) is 8.86. The molecule has 1 rings (SSSR count). The van der Waals surface area contributed by atoms with Gasteiger partial charge in [0.05, 0.1) is 18.2 Å². The van der Waals surface area contributed by atoms with Gasteiger partial charge in [0.1, 0.15) is 0 Å². The van der Waals surface area contributed by atoms with Gasteiger partial charge < -0.3 is 14.8 Å². The van der Waals surface area contributed by atoms with Crippen molar-refractivity contribution in [1.82, 2.24) is 9.62 Å². The number of carbonyl (C=O) groups excluding carboxylic acids is 1. The Hall–Kier alpha value is -0.700. The number of methoxy groups -OCH3 is 2. The van der Waals surface area contributed by atoms with Crippen LogP contribution in [0.3, 0.4) is 0 Å². The zero-order chi connectivity index (χ0) is 15.9. The molecule has 1 atom stereocenters. The normalized spacial score (nSPS) is 20.7. The maximum absolute atomic E-state index is 12.1. The molecule has 7 nitrogen and oxygen atoms in total. The standard InChI is InChI=1S/C13H26N2O5S/c1-4-8-21(17,18)15-7-5-6-11(10-15)13(16)14-9-12(19-2)20-3/h11-12H,4-10H2,1-3H3,(H,14,16)/t11-/m1/s1. The highest BCUT2D eigenvalue weighted by Crippen LogP contribution is 2.20. The van der Waals surface area contributed by atoms with Crippen molar-refractivity contribution in [2.45, 2.75) is 32.5 Å². The van der Waals surface area contributed by atoms with E-state index >= 15 is 0 Å². The molecule has 0 aromatic rings. The minimum atomic E-state index is -3.24. The molecule has 124 valence electrons. The number of piperidine rings is 1. The third kappa shape index (κ3) is 5.54. The summed E-state index contributed by atoms with van der Waals surface area (Å²) in [5, 5.41) is 2.75. The van der Waals surface area contributed by atoms with Crippen molar-refractivity contribution in [3.8, 4) is 0 Å². The van der Waals surface area contributed by atoms with E-state index in [1.807, 2.05) is 6.92 Å². The maximum atomic E-state index is 12.1. The Morgan fingerprint density at radius 1 is 1.38 bits per heavy atom. The summed E-state index contributed by atoms with van der Waals surface area (Å²) >= 11 is 0. The van der Waals surface area contributed by atoms with Crippen molar-refractivity contribution in [2.75, 3.05) is 39.6 Å². The van der Waals surface area contributed by atoms with Gasteiger partial charge in [-0.2, -0.15) is 0 Å². The molecule has 0 radical (unpaired) electrons. The SMILES string of the molecule is CCCS(=O)(=O)N1CCC[C@@H](C(=O)NCC(OC)OC)C1. The number of rotatable bonds is 8. The predicted molar refractivity (Wildman–Crippen MR) is 79.2 cm³/mol. The Morgan fingerprint density at radius 2 is 2.05 bits per heavy atom. The molecule has 21 heavy (non-hydrogen) atoms. The summed E-state index contributed by atoms with van der Waals surface area (Å²) in [5.74, 6) is -0.318. The molecule has 8 heteroatoms. The molecule has 1 aliphatic rings. The van der Waals surface area contributed by atoms with E-state index in [4.69, 9.17) is 9.47 Å². The average Bonchev–Trinajstić information content (AvgIpc) is 2.48. The van der Waals surface area contributed by atoms with Gasteiger partial charge >= 0.3 is 0 Å². The minimum Gasteiger partial charge on any atom is -0.354 e. The Morgan fingerprint density at radius 3 is 2.62 bits per heavy atom. The second-order valence-corrected chi connectivity index (χ2v) is 7.25. The van der Waals surface area contributed by atoms with Crippen molar-refractivity contribution in [1.29, 1.82) is 0 Å². The van der Waals surface area contributed by atoms with E-state index in [2.05, 4.69) is 5.32 Å². The largest absolute Gasteiger partial charge is 0.354 e. The fourth-order valence-corrected chi connectivity index (χ4v) is 3.98. The number of nitrogens with one attached hydrogen (secondary N) is 1. The van der Waals surface area contributed by atoms with Crippen LogP contribution in [-0.2, 0) is 24.3 Å². The van der Waals surface area contributed by atoms with E-state index in [1.54, 1.807) is 0 Å². The first-order chi connectivity index (χ1) is 9.94. The fraction of sp³-hybridized carbons (Fsp3) is 0.923. The number of carbonyl (C=O) groups is 1. The van der Waals surface area contributed by atoms with Gasteiger partial charge in [-0.25, -0.2) is 12.7 Å². The maximum Gasteiger partial charge on any atom is 0.224 e. The van der Waals surface area contributed by atoms with Crippen molar-refractivity contribution >= 4 is 15.9 Å². The lowest BCUT2D eigenvalue weighted by Crippen LogP contribution is -2.47. The average molecular weight is 322 g/mol. The van der Waals surface area contributed by atoms with E-state index < -0.39 is 16.3 Å². The van der Waals surface area contributed by atoms with Gasteiger partial charge in [-0.05, 0) is 19.3 Å². The van der Waals surface area contributed by atoms with Crippen LogP contribution < -0.4 is 5.32 Å². The number of hydrogen-bond acceptors (Lipinski definition) is 5. The molecule has 0 aromatic carbocycles. The molecule has 0 bridgehead atoms. The Labute approximate surface area is 127 Å². The third-order valence-corrected chi connectivity index (χ3v) is 5.62. The summed E-state index contributed by atoms with van der Waals surface area (Å²) in [6.07, 6.45) is 1.50. The molecule has 0 aromatic heterocycles. The molecule has 0 spiro atoms. The van der Waals surface area contributed by atoms with Crippen LogP contribution in [0.25, 0.3) is 0 Å². The van der Waals surface area contributed by atoms with E-state index in [9.17, 15) is 13.2 Å². The van der Waals surface area contributed by atoms with Crippen LogP contribution in [0.1, 0.15) is 26.2 Å². The van der Waals surface area contributed by atoms with E-state index in [0.29, 0.717) is 25.8 Å². The molecule has 0 saturated carbocycles. The number of ether oxygens (including phenoxy) is 2. The summed E-state index contributed by atoms with van der Waals surface area (Å²) in [4.78, 5) is 12.1. The summed E-state index contributed by atoms with van der Waals surface area (Å²) < 4.78 is 35.6. The van der Waals surface area contributed by atoms with Crippen LogP contribution in [-0.4, -0.2) is 64.5 Å². The Bertz CT molecular complexity index is 422. The van der Waals surface area contributed by atoms with Crippen molar-refractivity contribution in [3.05, 3.63) is 0 Å². The van der Waals surface area contributed by atoms with Gasteiger partial charge in [0, 0.05) is 27.3 Å². The van der Waals surface area contributed by atoms with Crippen molar-refractivity contribution in [2.24, 2.45) is 5.92 Å². The Kier molecular flexibility index (Phi) is 7.58. The summed E-state index contributed by atoms with van der Waals surface area (Å²) in [7, 11) is -0.237. The monoisotopic (exact) mass is 322 g/mol. The molecule has 1 N–H and O–H groups in total. The second-order valence-electron chi connectivity index (χ2n) is 5.16. The van der Waals surface area contributed by atoms with E-state index in [0.717, 1.165) is 0 Å². The number of amides is 1. The molecule has 1 heterocycles. The van der Waals surface area contributed by atoms with Gasteiger partial charge in [0.2, 0.25) is 15.9 Å². The molecular formula is C13H26N2O5S. The van der Waals surface area contributed by atoms with Crippen LogP contribution >= 0.6 is 0 Å². The molecule has 1 fully saturated rings. The fourth-order valence-electron chi connectivity index (χ4n) is 2.39. The van der Waals surface area contributed by atoms with E-state index in [1.165, 1.54) is 18.5 Å². The molecule has 0 unspecified atom stereocenters. The minimum absolute atomic E-state index is 0.136. The molecule has 0 aliphatic carbocycles. The van der Waals surface area contributed by atoms with Crippen LogP contribution in [0.4, 0.5) is 0 Å². The smallest absolute Gasteiger partial charge is 0.224 e. The summed E-state index contributed by atoms with van der Waals surface area (Å²) in [6.45, 7) is 2.86. The molecule has 1 aliphatic heterocycles. The van der Waals surface area contributed by atoms with Gasteiger partial charge in [-0.1, -0.05) is 6.92 Å². The lowest BCUT2D eigenvalue weighted by atomic mass is 9.99. The Balaban J connectivity index is 2.54. The van der Waals surface area contributed by atoms with Gasteiger partial charge in [0.25, 0.3) is 0 Å². The number of sulfonamides is 1. The predicted octanol–water partition coefficient (Wildman–Crippen LogP) is 0.173. The van der Waals surface area contributed by atoms with Crippen molar-refractivity contribution in [3.63, 3.8) is 0 Å². The van der Waals surface area contributed by atoms with Crippen LogP contribution in [0.5, 0.6) is 0 Å². The highest BCUT2D eigenvalue weighted by molar-refractivity contribution is 7.89. The lowest BCUT2D eigenvalue weighted by Gasteiger charge is -2.31. The van der Waals surface area contributed by atoms with Gasteiger partial charge in [0.15, 0.2) is 6.29 Å². The summed E-state index contributed by atoms with van der Waals surface area (Å²) in [5.41, 5.74) is 0. The number of hydrogen-bond donors (Lipinski definition) is 1. The lowest BCUT2D eigenvalue weighted by molar-refractivity contribution is -0.131. The van der Waals surface area contributed by atoms with Crippen LogP contribution in [0.15, 0.2) is 0 Å². The highest BCUT2D eigenvalue weighted by atomic mass is 32.2. The number of nitrogens with zero attached hydrogens (tertiary/aromatic N) is 1. The summed E-state index contributed by atoms with van der Waals surface area (Å²) in [6, 6.07) is 0. The quantitative estimate of drug-likeness (QED) is 0.644. The zero-order valence-electron chi connectivity index (χ0n) is 13.0. The topological polar surface area (TPSA) is 84.9 Å². The second kappa shape index (κ2) is 8.67. The third-order valence-electron chi connectivity index (χ3n) is 3.58. The van der Waals surface area contributed by atoms with Gasteiger partial charge in [-0.15, -0.1) is 0 Å². The highest BCUT2D eigenvalue weighted by Gasteiger charge is 2.31. The molecule has 1 amide bonds. The van der Waals surface area contributed by atoms with Crippen molar-refractivity contribution < 1.29 is 22.7 Å². The molecule has 1 saturated heterocycles.